The summed E-state index contributed by atoms with van der Waals surface area (Å²) in [6, 6.07) is 9.27. The van der Waals surface area contributed by atoms with E-state index in [4.69, 9.17) is 4.74 Å². The zero-order valence-corrected chi connectivity index (χ0v) is 27.0. The second-order valence-electron chi connectivity index (χ2n) is 13.0. The van der Waals surface area contributed by atoms with Gasteiger partial charge in [-0.1, -0.05) is 39.0 Å². The number of amides is 2. The molecule has 1 aromatic heterocycles. The van der Waals surface area contributed by atoms with Gasteiger partial charge in [0, 0.05) is 35.1 Å². The number of anilines is 1. The fourth-order valence-electron chi connectivity index (χ4n) is 6.33. The van der Waals surface area contributed by atoms with Crippen LogP contribution in [0.3, 0.4) is 0 Å². The number of fused-ring (bicyclic) bond motifs is 2. The number of nitrogens with one attached hydrogen (secondary N) is 2. The van der Waals surface area contributed by atoms with Crippen molar-refractivity contribution >= 4 is 33.4 Å². The normalized spacial score (nSPS) is 21.2. The minimum absolute atomic E-state index is 0.00622. The van der Waals surface area contributed by atoms with E-state index in [0.717, 1.165) is 37.1 Å². The molecule has 0 aliphatic heterocycles. The molecule has 2 aliphatic carbocycles. The number of sulfone groups is 1. The molecule has 0 saturated heterocycles. The molecule has 2 N–H and O–H groups in total. The van der Waals surface area contributed by atoms with Crippen LogP contribution in [0.25, 0.3) is 17.2 Å². The summed E-state index contributed by atoms with van der Waals surface area (Å²) in [4.78, 5) is 30.6. The smallest absolute Gasteiger partial charge is 0.496 e. The summed E-state index contributed by atoms with van der Waals surface area (Å²) in [5.74, 6) is -2.64. The Labute approximate surface area is 270 Å². The highest BCUT2D eigenvalue weighted by molar-refractivity contribution is 7.92. The summed E-state index contributed by atoms with van der Waals surface area (Å²) in [5, 5.41) is 5.49. The molecule has 2 aromatic carbocycles. The largest absolute Gasteiger partial charge is 0.501 e. The first kappa shape index (κ1) is 34.1. The summed E-state index contributed by atoms with van der Waals surface area (Å²) in [7, 11) is -4.31. The third kappa shape index (κ3) is 7.19. The van der Waals surface area contributed by atoms with Crippen molar-refractivity contribution in [2.24, 2.45) is 23.2 Å². The van der Waals surface area contributed by atoms with Gasteiger partial charge in [-0.25, -0.2) is 12.8 Å². The number of carbonyl (C=O) groups excluding carboxylic acids is 2. The molecular formula is C34H35F4N3O5S. The molecule has 8 nitrogen and oxygen atoms in total. The molecule has 3 aromatic rings. The molecule has 2 aliphatic rings. The van der Waals surface area contributed by atoms with Gasteiger partial charge in [0.1, 0.15) is 11.6 Å². The molecule has 2 amide bonds. The van der Waals surface area contributed by atoms with Gasteiger partial charge < -0.3 is 15.4 Å². The number of benzene rings is 2. The Morgan fingerprint density at radius 1 is 1.02 bits per heavy atom. The molecule has 250 valence electrons. The van der Waals surface area contributed by atoms with Gasteiger partial charge in [0.25, 0.3) is 15.7 Å². The third-order valence-electron chi connectivity index (χ3n) is 8.62. The van der Waals surface area contributed by atoms with Crippen molar-refractivity contribution in [3.8, 4) is 16.9 Å². The molecule has 13 heteroatoms. The summed E-state index contributed by atoms with van der Waals surface area (Å²) in [5.41, 5.74) is -4.36. The maximum Gasteiger partial charge on any atom is 0.501 e. The minimum Gasteiger partial charge on any atom is -0.496 e. The van der Waals surface area contributed by atoms with Crippen molar-refractivity contribution in [1.82, 2.24) is 10.3 Å². The molecule has 2 saturated carbocycles. The zero-order chi connectivity index (χ0) is 34.3. The van der Waals surface area contributed by atoms with Crippen molar-refractivity contribution in [1.29, 1.82) is 0 Å². The fourth-order valence-corrected chi connectivity index (χ4v) is 7.13. The molecule has 0 radical (unpaired) electrons. The predicted octanol–water partition coefficient (Wildman–Crippen LogP) is 7.03. The van der Waals surface area contributed by atoms with Crippen LogP contribution in [-0.2, 0) is 14.6 Å². The van der Waals surface area contributed by atoms with E-state index in [1.807, 2.05) is 12.2 Å². The average Bonchev–Trinajstić information content (AvgIpc) is 3.61. The van der Waals surface area contributed by atoms with Gasteiger partial charge in [0.2, 0.25) is 5.91 Å². The molecule has 4 atom stereocenters. The summed E-state index contributed by atoms with van der Waals surface area (Å²) in [6.45, 7) is 6.16. The van der Waals surface area contributed by atoms with Gasteiger partial charge in [0.05, 0.1) is 29.2 Å². The SMILES string of the molecule is COc1cc(F)c(-c2ccc(/C=C/C(C)(C)C)nc2)cc1C(=O)N[C@@H]1[C@H]2CC[C@H](C2)[C@@H]1C(=O)Nc1cccc(S(=O)(=O)C(F)(F)F)c1. The number of hydrogen-bond donors (Lipinski definition) is 2. The number of nitrogens with zero attached hydrogens (tertiary/aromatic N) is 1. The lowest BCUT2D eigenvalue weighted by Gasteiger charge is -2.31. The molecule has 5 rings (SSSR count). The first-order valence-electron chi connectivity index (χ1n) is 15.0. The van der Waals surface area contributed by atoms with Crippen molar-refractivity contribution in [2.75, 3.05) is 12.4 Å². The minimum atomic E-state index is -5.62. The highest BCUT2D eigenvalue weighted by Crippen LogP contribution is 2.49. The van der Waals surface area contributed by atoms with E-state index < -0.39 is 49.8 Å². The number of carbonyl (C=O) groups is 2. The molecule has 0 spiro atoms. The van der Waals surface area contributed by atoms with Crippen LogP contribution in [0, 0.1) is 29.0 Å². The topological polar surface area (TPSA) is 114 Å². The molecule has 47 heavy (non-hydrogen) atoms. The van der Waals surface area contributed by atoms with E-state index in [2.05, 4.69) is 36.4 Å². The first-order chi connectivity index (χ1) is 22.0. The number of halogens is 4. The van der Waals surface area contributed by atoms with Crippen molar-refractivity contribution < 1.29 is 40.3 Å². The van der Waals surface area contributed by atoms with Crippen LogP contribution in [0.4, 0.5) is 23.2 Å². The van der Waals surface area contributed by atoms with Crippen molar-refractivity contribution in [3.63, 3.8) is 0 Å². The second kappa shape index (κ2) is 12.7. The maximum absolute atomic E-state index is 15.2. The summed E-state index contributed by atoms with van der Waals surface area (Å²) in [6.07, 6.45) is 7.51. The highest BCUT2D eigenvalue weighted by atomic mass is 32.2. The van der Waals surface area contributed by atoms with E-state index >= 15 is 4.39 Å². The van der Waals surface area contributed by atoms with E-state index in [9.17, 15) is 31.2 Å². The van der Waals surface area contributed by atoms with Crippen molar-refractivity contribution in [2.45, 2.75) is 56.5 Å². The third-order valence-corrected chi connectivity index (χ3v) is 10.1. The first-order valence-corrected chi connectivity index (χ1v) is 16.5. The zero-order valence-electron chi connectivity index (χ0n) is 26.2. The molecule has 2 bridgehead atoms. The van der Waals surface area contributed by atoms with Crippen molar-refractivity contribution in [3.05, 3.63) is 77.9 Å². The van der Waals surface area contributed by atoms with Gasteiger partial charge >= 0.3 is 5.51 Å². The molecule has 2 fully saturated rings. The Morgan fingerprint density at radius 3 is 2.38 bits per heavy atom. The van der Waals surface area contributed by atoms with E-state index in [0.29, 0.717) is 17.7 Å². The van der Waals surface area contributed by atoms with Crippen LogP contribution in [0.15, 0.2) is 65.7 Å². The Bertz CT molecular complexity index is 1820. The van der Waals surface area contributed by atoms with Crippen LogP contribution < -0.4 is 15.4 Å². The Balaban J connectivity index is 1.37. The highest BCUT2D eigenvalue weighted by Gasteiger charge is 2.52. The molecular weight excluding hydrogens is 638 g/mol. The lowest BCUT2D eigenvalue weighted by atomic mass is 9.83. The number of alkyl halides is 3. The average molecular weight is 674 g/mol. The van der Waals surface area contributed by atoms with Gasteiger partial charge in [0.15, 0.2) is 0 Å². The number of rotatable bonds is 8. The van der Waals surface area contributed by atoms with E-state index in [1.54, 1.807) is 12.1 Å². The van der Waals surface area contributed by atoms with Crippen LogP contribution in [0.1, 0.15) is 56.1 Å². The van der Waals surface area contributed by atoms with Gasteiger partial charge in [-0.2, -0.15) is 13.2 Å². The van der Waals surface area contributed by atoms with E-state index in [1.165, 1.54) is 25.4 Å². The van der Waals surface area contributed by atoms with Crippen LogP contribution in [-0.4, -0.2) is 43.9 Å². The van der Waals surface area contributed by atoms with Crippen LogP contribution in [0.2, 0.25) is 0 Å². The Morgan fingerprint density at radius 2 is 1.74 bits per heavy atom. The molecule has 0 unspecified atom stereocenters. The number of hydrogen-bond acceptors (Lipinski definition) is 6. The lowest BCUT2D eigenvalue weighted by Crippen LogP contribution is -2.48. The van der Waals surface area contributed by atoms with Gasteiger partial charge in [-0.05, 0) is 72.9 Å². The number of ether oxygens (including phenoxy) is 1. The maximum atomic E-state index is 15.2. The number of pyridine rings is 1. The van der Waals surface area contributed by atoms with Gasteiger partial charge in [-0.3, -0.25) is 14.6 Å². The summed E-state index contributed by atoms with van der Waals surface area (Å²) >= 11 is 0. The van der Waals surface area contributed by atoms with Crippen LogP contribution in [0.5, 0.6) is 5.75 Å². The summed E-state index contributed by atoms with van der Waals surface area (Å²) < 4.78 is 83.7. The lowest BCUT2D eigenvalue weighted by molar-refractivity contribution is -0.122. The number of allylic oxidation sites excluding steroid dienone is 1. The Kier molecular flexibility index (Phi) is 9.24. The van der Waals surface area contributed by atoms with Crippen LogP contribution >= 0.6 is 0 Å². The van der Waals surface area contributed by atoms with Gasteiger partial charge in [-0.15, -0.1) is 0 Å². The standard InChI is InChI=1S/C34H35F4N3O5S/c1-33(2,3)13-12-22-11-10-21(18-39-22)25-16-26(28(46-4)17-27(25)35)31(42)41-30-20-9-8-19(14-20)29(30)32(43)40-23-6-5-7-24(15-23)47(44,45)34(36,37)38/h5-7,10-13,15-20,29-30H,8-9,14H2,1-4H3,(H,40,43)(H,41,42)/b13-12+/t19-,20+,29+,30-/m1/s1. The predicted molar refractivity (Wildman–Crippen MR) is 169 cm³/mol. The van der Waals surface area contributed by atoms with E-state index in [-0.39, 0.29) is 39.8 Å². The number of methoxy groups -OCH3 is 1. The monoisotopic (exact) mass is 673 g/mol. The second-order valence-corrected chi connectivity index (χ2v) is 15.0. The molecule has 1 heterocycles. The quantitative estimate of drug-likeness (QED) is 0.248. The fraction of sp³-hybridized carbons (Fsp3) is 0.382. The Hall–Kier alpha value is -4.26. The number of aromatic nitrogens is 1.